The third-order valence-corrected chi connectivity index (χ3v) is 2.03. The summed E-state index contributed by atoms with van der Waals surface area (Å²) in [6.07, 6.45) is 0.758. The van der Waals surface area contributed by atoms with Crippen molar-refractivity contribution in [3.63, 3.8) is 0 Å². The number of carbonyl (C=O) groups excluding carboxylic acids is 1. The highest BCUT2D eigenvalue weighted by atomic mass is 127. The number of hydrogen-bond acceptors (Lipinski definition) is 2. The van der Waals surface area contributed by atoms with Gasteiger partial charge >= 0.3 is 6.03 Å². The maximum absolute atomic E-state index is 10.8. The number of urea groups is 1. The molecule has 0 saturated carbocycles. The van der Waals surface area contributed by atoms with E-state index in [1.807, 2.05) is 22.6 Å². The van der Waals surface area contributed by atoms with Crippen LogP contribution in [-0.2, 0) is 0 Å². The van der Waals surface area contributed by atoms with Crippen LogP contribution in [0.1, 0.15) is 0 Å². The van der Waals surface area contributed by atoms with Crippen molar-refractivity contribution in [1.82, 2.24) is 10.2 Å². The van der Waals surface area contributed by atoms with E-state index in [0.717, 1.165) is 0 Å². The fraction of sp³-hybridized carbons (Fsp3) is 0.400. The van der Waals surface area contributed by atoms with E-state index in [2.05, 4.69) is 5.32 Å². The Balaban J connectivity index is 2.79. The predicted octanol–water partition coefficient (Wildman–Crippen LogP) is 0.236. The number of nitrogens with one attached hydrogen (secondary N) is 1. The van der Waals surface area contributed by atoms with Crippen LogP contribution < -0.4 is 5.32 Å². The van der Waals surface area contributed by atoms with Crippen LogP contribution in [0.2, 0.25) is 0 Å². The molecule has 0 aromatic rings. The summed E-state index contributed by atoms with van der Waals surface area (Å²) in [5.74, 6) is 0. The molecule has 10 heavy (non-hydrogen) atoms. The second-order valence-electron chi connectivity index (χ2n) is 1.98. The van der Waals surface area contributed by atoms with Crippen LogP contribution in [0.5, 0.6) is 0 Å². The molecule has 5 heteroatoms. The summed E-state index contributed by atoms with van der Waals surface area (Å²) >= 11 is 1.96. The monoisotopic (exact) mass is 254 g/mol. The molecule has 2 N–H and O–H groups in total. The lowest BCUT2D eigenvalue weighted by molar-refractivity contribution is 0.156. The van der Waals surface area contributed by atoms with Gasteiger partial charge in [-0.15, -0.1) is 0 Å². The Morgan fingerprint density at radius 1 is 1.90 bits per heavy atom. The Hall–Kier alpha value is -0.300. The molecule has 0 aromatic carbocycles. The summed E-state index contributed by atoms with van der Waals surface area (Å²) in [6, 6.07) is -0.284. The van der Waals surface area contributed by atoms with Gasteiger partial charge in [0.1, 0.15) is 0 Å². The predicted molar refractivity (Wildman–Crippen MR) is 44.4 cm³/mol. The van der Waals surface area contributed by atoms with E-state index < -0.39 is 6.23 Å². The van der Waals surface area contributed by atoms with E-state index in [4.69, 9.17) is 5.11 Å². The van der Waals surface area contributed by atoms with Gasteiger partial charge in [0.25, 0.3) is 0 Å². The van der Waals surface area contributed by atoms with Crippen molar-refractivity contribution < 1.29 is 9.90 Å². The molecule has 0 fully saturated rings. The minimum Gasteiger partial charge on any atom is -0.369 e. The van der Waals surface area contributed by atoms with Gasteiger partial charge in [-0.3, -0.25) is 0 Å². The first-order chi connectivity index (χ1) is 4.61. The molecule has 0 bridgehead atoms. The third-order valence-electron chi connectivity index (χ3n) is 1.16. The lowest BCUT2D eigenvalue weighted by atomic mass is 10.4. The molecule has 0 saturated heterocycles. The molecule has 4 nitrogen and oxygen atoms in total. The number of aliphatic hydroxyl groups excluding tert-OH is 1. The van der Waals surface area contributed by atoms with Crippen LogP contribution in [0.15, 0.2) is 9.78 Å². The van der Waals surface area contributed by atoms with Gasteiger partial charge in [-0.1, -0.05) is 0 Å². The van der Waals surface area contributed by atoms with Crippen molar-refractivity contribution in [2.45, 2.75) is 6.23 Å². The number of aliphatic hydroxyl groups is 1. The topological polar surface area (TPSA) is 52.6 Å². The second-order valence-corrected chi connectivity index (χ2v) is 3.22. The molecule has 2 amide bonds. The maximum Gasteiger partial charge on any atom is 0.323 e. The van der Waals surface area contributed by atoms with Crippen molar-refractivity contribution >= 4 is 28.6 Å². The smallest absolute Gasteiger partial charge is 0.323 e. The fourth-order valence-corrected chi connectivity index (χ4v) is 1.18. The van der Waals surface area contributed by atoms with Crippen molar-refractivity contribution in [1.29, 1.82) is 0 Å². The Kier molecular flexibility index (Phi) is 2.14. The van der Waals surface area contributed by atoms with E-state index in [1.165, 1.54) is 4.90 Å². The van der Waals surface area contributed by atoms with Crippen LogP contribution in [0.4, 0.5) is 4.79 Å². The lowest BCUT2D eigenvalue weighted by Gasteiger charge is -2.23. The molecule has 1 heterocycles. The SMILES string of the molecule is CN1C=C(I)C(O)NC1=O. The van der Waals surface area contributed by atoms with Crippen molar-refractivity contribution in [2.75, 3.05) is 7.05 Å². The van der Waals surface area contributed by atoms with E-state index in [0.29, 0.717) is 3.58 Å². The van der Waals surface area contributed by atoms with Gasteiger partial charge in [-0.2, -0.15) is 0 Å². The first-order valence-corrected chi connectivity index (χ1v) is 3.78. The Bertz CT molecular complexity index is 192. The standard InChI is InChI=1S/C5H7IN2O2/c1-8-2-3(6)4(9)7-5(8)10/h2,4,9H,1H3,(H,7,10). The van der Waals surface area contributed by atoms with Crippen LogP contribution in [0, 0.1) is 0 Å². The normalized spacial score (nSPS) is 25.9. The lowest BCUT2D eigenvalue weighted by Crippen LogP contribution is -2.45. The van der Waals surface area contributed by atoms with Gasteiger partial charge in [0.15, 0.2) is 6.23 Å². The van der Waals surface area contributed by atoms with Gasteiger partial charge in [0.05, 0.1) is 3.58 Å². The number of halogens is 1. The number of nitrogens with zero attached hydrogens (tertiary/aromatic N) is 1. The van der Waals surface area contributed by atoms with Crippen molar-refractivity contribution in [3.8, 4) is 0 Å². The highest BCUT2D eigenvalue weighted by Crippen LogP contribution is 2.14. The minimum atomic E-state index is -0.829. The summed E-state index contributed by atoms with van der Waals surface area (Å²) in [7, 11) is 1.62. The molecule has 1 unspecified atom stereocenters. The summed E-state index contributed by atoms with van der Waals surface area (Å²) in [5.41, 5.74) is 0. The number of hydrogen-bond donors (Lipinski definition) is 2. The van der Waals surface area contributed by atoms with Gasteiger partial charge < -0.3 is 15.3 Å². The molecular weight excluding hydrogens is 247 g/mol. The summed E-state index contributed by atoms with van der Waals surface area (Å²) in [6.45, 7) is 0. The van der Waals surface area contributed by atoms with Crippen molar-refractivity contribution in [3.05, 3.63) is 9.78 Å². The third kappa shape index (κ3) is 1.40. The van der Waals surface area contributed by atoms with E-state index in [9.17, 15) is 4.79 Å². The molecular formula is C5H7IN2O2. The molecule has 0 radical (unpaired) electrons. The zero-order chi connectivity index (χ0) is 7.72. The zero-order valence-corrected chi connectivity index (χ0v) is 7.49. The first-order valence-electron chi connectivity index (χ1n) is 2.70. The van der Waals surface area contributed by atoms with Crippen LogP contribution >= 0.6 is 22.6 Å². The second kappa shape index (κ2) is 2.75. The molecule has 56 valence electrons. The van der Waals surface area contributed by atoms with Crippen molar-refractivity contribution in [2.24, 2.45) is 0 Å². The molecule has 0 aromatic heterocycles. The van der Waals surface area contributed by atoms with E-state index >= 15 is 0 Å². The molecule has 1 aliphatic rings. The van der Waals surface area contributed by atoms with Gasteiger partial charge in [0.2, 0.25) is 0 Å². The fourth-order valence-electron chi connectivity index (χ4n) is 0.602. The number of carbonyl (C=O) groups is 1. The molecule has 1 rings (SSSR count). The van der Waals surface area contributed by atoms with Gasteiger partial charge in [-0.05, 0) is 22.6 Å². The molecule has 1 atom stereocenters. The van der Waals surface area contributed by atoms with E-state index in [-0.39, 0.29) is 6.03 Å². The number of amides is 2. The largest absolute Gasteiger partial charge is 0.369 e. The first kappa shape index (κ1) is 7.80. The van der Waals surface area contributed by atoms with Crippen LogP contribution in [0.25, 0.3) is 0 Å². The zero-order valence-electron chi connectivity index (χ0n) is 5.34. The summed E-state index contributed by atoms with van der Waals surface area (Å²) < 4.78 is 0.708. The highest BCUT2D eigenvalue weighted by Gasteiger charge is 2.19. The summed E-state index contributed by atoms with van der Waals surface area (Å²) in [4.78, 5) is 12.1. The number of rotatable bonds is 0. The molecule has 1 aliphatic heterocycles. The minimum absolute atomic E-state index is 0.284. The Morgan fingerprint density at radius 2 is 2.50 bits per heavy atom. The van der Waals surface area contributed by atoms with E-state index in [1.54, 1.807) is 13.2 Å². The molecule has 0 spiro atoms. The van der Waals surface area contributed by atoms with Crippen LogP contribution in [-0.4, -0.2) is 29.3 Å². The Labute approximate surface area is 72.0 Å². The average Bonchev–Trinajstić information content (AvgIpc) is 1.84. The Morgan fingerprint density at radius 3 is 3.00 bits per heavy atom. The maximum atomic E-state index is 10.8. The quantitative estimate of drug-likeness (QED) is 0.608. The average molecular weight is 254 g/mol. The van der Waals surface area contributed by atoms with Gasteiger partial charge in [0, 0.05) is 13.2 Å². The van der Waals surface area contributed by atoms with Crippen LogP contribution in [0.3, 0.4) is 0 Å². The van der Waals surface area contributed by atoms with Gasteiger partial charge in [-0.25, -0.2) is 4.79 Å². The summed E-state index contributed by atoms with van der Waals surface area (Å²) in [5, 5.41) is 11.4. The highest BCUT2D eigenvalue weighted by molar-refractivity contribution is 14.1. The molecule has 0 aliphatic carbocycles.